The molecule has 1 aromatic carbocycles. The van der Waals surface area contributed by atoms with Crippen molar-refractivity contribution in [2.24, 2.45) is 0 Å². The summed E-state index contributed by atoms with van der Waals surface area (Å²) in [4.78, 5) is 11.9. The van der Waals surface area contributed by atoms with Crippen molar-refractivity contribution in [3.05, 3.63) is 45.9 Å². The molecule has 0 radical (unpaired) electrons. The molecule has 2 rings (SSSR count). The predicted octanol–water partition coefficient (Wildman–Crippen LogP) is 1.93. The number of carbonyl (C=O) groups excluding carboxylic acids is 1. The molecule has 1 aromatic heterocycles. The van der Waals surface area contributed by atoms with Crippen molar-refractivity contribution in [2.75, 3.05) is 7.05 Å². The lowest BCUT2D eigenvalue weighted by Crippen LogP contribution is -2.29. The molecular weight excluding hydrogens is 318 g/mol. The number of nitrogens with zero attached hydrogens (tertiary/aromatic N) is 2. The summed E-state index contributed by atoms with van der Waals surface area (Å²) in [5, 5.41) is 7.81. The zero-order valence-corrected chi connectivity index (χ0v) is 13.0. The Balaban J connectivity index is 2.19. The van der Waals surface area contributed by atoms with Gasteiger partial charge in [0.1, 0.15) is 5.69 Å². The Hall–Kier alpha value is -1.31. The van der Waals surface area contributed by atoms with Gasteiger partial charge in [-0.05, 0) is 29.2 Å². The number of benzene rings is 1. The highest BCUT2D eigenvalue weighted by molar-refractivity contribution is 7.85. The number of hydrogen-bond donors (Lipinski definition) is 1. The average molecular weight is 330 g/mol. The van der Waals surface area contributed by atoms with E-state index in [0.717, 1.165) is 17.1 Å². The summed E-state index contributed by atoms with van der Waals surface area (Å²) >= 11 is 6.94. The number of hydrogen-bond acceptors (Lipinski definition) is 5. The van der Waals surface area contributed by atoms with E-state index < -0.39 is 16.0 Å². The van der Waals surface area contributed by atoms with E-state index in [-0.39, 0.29) is 11.7 Å². The van der Waals surface area contributed by atoms with Crippen LogP contribution in [0.2, 0.25) is 5.02 Å². The van der Waals surface area contributed by atoms with Crippen molar-refractivity contribution >= 4 is 39.8 Å². The van der Waals surface area contributed by atoms with Crippen molar-refractivity contribution in [1.29, 1.82) is 0 Å². The molecule has 2 aromatic rings. The minimum Gasteiger partial charge on any atom is -0.358 e. The molecule has 2 unspecified atom stereocenters. The summed E-state index contributed by atoms with van der Waals surface area (Å²) in [5.74, 6) is -0.0720. The van der Waals surface area contributed by atoms with Gasteiger partial charge >= 0.3 is 0 Å². The third-order valence-electron chi connectivity index (χ3n) is 2.62. The first-order valence-electron chi connectivity index (χ1n) is 5.72. The van der Waals surface area contributed by atoms with Crippen LogP contribution in [0, 0.1) is 0 Å². The number of halogens is 1. The molecular formula is C12H12ClN3O2S2. The zero-order chi connectivity index (χ0) is 14.5. The molecule has 0 saturated carbocycles. The van der Waals surface area contributed by atoms with E-state index in [0.29, 0.717) is 10.7 Å². The molecule has 0 spiro atoms. The minimum absolute atomic E-state index is 0.257. The first-order valence-corrected chi connectivity index (χ1v) is 8.31. The second kappa shape index (κ2) is 6.92. The number of amides is 1. The molecule has 8 heteroatoms. The van der Waals surface area contributed by atoms with Gasteiger partial charge in [-0.25, -0.2) is 0 Å². The number of carbonyl (C=O) groups is 1. The molecule has 5 nitrogen and oxygen atoms in total. The van der Waals surface area contributed by atoms with Gasteiger partial charge in [0.2, 0.25) is 5.91 Å². The molecule has 20 heavy (non-hydrogen) atoms. The van der Waals surface area contributed by atoms with E-state index in [1.165, 1.54) is 7.05 Å². The molecule has 0 saturated heterocycles. The molecule has 2 atom stereocenters. The van der Waals surface area contributed by atoms with Crippen LogP contribution in [0.15, 0.2) is 29.6 Å². The van der Waals surface area contributed by atoms with Crippen LogP contribution >= 0.6 is 23.1 Å². The summed E-state index contributed by atoms with van der Waals surface area (Å²) in [7, 11) is 0.0829. The fourth-order valence-corrected chi connectivity index (χ4v) is 3.75. The van der Waals surface area contributed by atoms with Crippen LogP contribution in [0.25, 0.3) is 0 Å². The van der Waals surface area contributed by atoms with Crippen molar-refractivity contribution in [1.82, 2.24) is 14.9 Å². The highest BCUT2D eigenvalue weighted by Gasteiger charge is 2.28. The van der Waals surface area contributed by atoms with E-state index in [1.807, 2.05) is 0 Å². The maximum absolute atomic E-state index is 12.5. The predicted molar refractivity (Wildman–Crippen MR) is 80.0 cm³/mol. The smallest absolute Gasteiger partial charge is 0.241 e. The second-order valence-electron chi connectivity index (χ2n) is 3.98. The van der Waals surface area contributed by atoms with Crippen molar-refractivity contribution < 1.29 is 9.00 Å². The second-order valence-corrected chi connectivity index (χ2v) is 6.54. The number of nitrogens with one attached hydrogen (secondary N) is 1. The van der Waals surface area contributed by atoms with Gasteiger partial charge in [-0.15, -0.1) is 5.10 Å². The maximum Gasteiger partial charge on any atom is 0.241 e. The third-order valence-corrected chi connectivity index (χ3v) is 4.99. The Morgan fingerprint density at radius 3 is 2.70 bits per heavy atom. The average Bonchev–Trinajstić information content (AvgIpc) is 2.95. The molecule has 0 bridgehead atoms. The van der Waals surface area contributed by atoms with Crippen LogP contribution in [-0.4, -0.2) is 26.8 Å². The fraction of sp³-hybridized carbons (Fsp3) is 0.250. The van der Waals surface area contributed by atoms with Crippen molar-refractivity contribution in [2.45, 2.75) is 11.0 Å². The Morgan fingerprint density at radius 1 is 1.45 bits per heavy atom. The monoisotopic (exact) mass is 329 g/mol. The lowest BCUT2D eigenvalue weighted by Gasteiger charge is -2.12. The fourth-order valence-electron chi connectivity index (χ4n) is 1.63. The first kappa shape index (κ1) is 15.1. The maximum atomic E-state index is 12.5. The zero-order valence-electron chi connectivity index (χ0n) is 10.6. The van der Waals surface area contributed by atoms with Crippen LogP contribution in [0.3, 0.4) is 0 Å². The molecule has 0 aliphatic heterocycles. The summed E-state index contributed by atoms with van der Waals surface area (Å²) in [5.41, 5.74) is 1.28. The van der Waals surface area contributed by atoms with Crippen molar-refractivity contribution in [3.63, 3.8) is 0 Å². The van der Waals surface area contributed by atoms with Gasteiger partial charge in [0.15, 0.2) is 5.25 Å². The van der Waals surface area contributed by atoms with E-state index in [4.69, 9.17) is 11.6 Å². The molecule has 0 aliphatic carbocycles. The number of aromatic nitrogens is 2. The van der Waals surface area contributed by atoms with Gasteiger partial charge in [0.05, 0.1) is 0 Å². The van der Waals surface area contributed by atoms with Gasteiger partial charge in [0, 0.05) is 34.0 Å². The summed E-state index contributed by atoms with van der Waals surface area (Å²) < 4.78 is 16.2. The largest absolute Gasteiger partial charge is 0.358 e. The minimum atomic E-state index is -1.43. The van der Waals surface area contributed by atoms with Gasteiger partial charge in [-0.2, -0.15) is 0 Å². The number of likely N-dealkylation sites (N-methyl/N-ethyl adjacent to an activating group) is 1. The summed E-state index contributed by atoms with van der Waals surface area (Å²) in [6, 6.07) is 7.04. The lowest BCUT2D eigenvalue weighted by atomic mass is 10.2. The molecule has 106 valence electrons. The van der Waals surface area contributed by atoms with Gasteiger partial charge in [0.25, 0.3) is 0 Å². The van der Waals surface area contributed by atoms with E-state index in [9.17, 15) is 9.00 Å². The van der Waals surface area contributed by atoms with Crippen LogP contribution in [-0.2, 0) is 21.3 Å². The highest BCUT2D eigenvalue weighted by atomic mass is 35.5. The SMILES string of the molecule is CNC(=O)C(c1csnn1)S(=O)Cc1ccc(Cl)cc1. The third kappa shape index (κ3) is 3.62. The summed E-state index contributed by atoms with van der Waals surface area (Å²) in [6.07, 6.45) is 0. The standard InChI is InChI=1S/C12H12ClN3O2S2/c1-14-12(17)11(10-6-19-16-15-10)20(18)7-8-2-4-9(13)5-3-8/h2-6,11H,7H2,1H3,(H,14,17). The van der Waals surface area contributed by atoms with Crippen LogP contribution in [0.4, 0.5) is 0 Å². The van der Waals surface area contributed by atoms with Gasteiger partial charge in [-0.1, -0.05) is 28.2 Å². The Kier molecular flexibility index (Phi) is 5.22. The molecule has 0 aliphatic rings. The molecule has 1 N–H and O–H groups in total. The quantitative estimate of drug-likeness (QED) is 0.909. The molecule has 1 heterocycles. The summed E-state index contributed by atoms with van der Waals surface area (Å²) in [6.45, 7) is 0. The van der Waals surface area contributed by atoms with E-state index in [2.05, 4.69) is 14.9 Å². The van der Waals surface area contributed by atoms with Crippen LogP contribution < -0.4 is 5.32 Å². The first-order chi connectivity index (χ1) is 9.61. The number of rotatable bonds is 5. The van der Waals surface area contributed by atoms with Crippen LogP contribution in [0.1, 0.15) is 16.5 Å². The normalized spacial score (nSPS) is 13.7. The van der Waals surface area contributed by atoms with Gasteiger partial charge < -0.3 is 5.32 Å². The van der Waals surface area contributed by atoms with E-state index in [1.54, 1.807) is 29.6 Å². The topological polar surface area (TPSA) is 72.0 Å². The van der Waals surface area contributed by atoms with Crippen LogP contribution in [0.5, 0.6) is 0 Å². The van der Waals surface area contributed by atoms with Crippen molar-refractivity contribution in [3.8, 4) is 0 Å². The Labute approximate surface area is 128 Å². The Bertz CT molecular complexity index is 602. The molecule has 0 fully saturated rings. The highest BCUT2D eigenvalue weighted by Crippen LogP contribution is 2.22. The Morgan fingerprint density at radius 2 is 2.15 bits per heavy atom. The van der Waals surface area contributed by atoms with E-state index >= 15 is 0 Å². The molecule has 1 amide bonds. The van der Waals surface area contributed by atoms with Gasteiger partial charge in [-0.3, -0.25) is 9.00 Å². The lowest BCUT2D eigenvalue weighted by molar-refractivity contribution is -0.120.